The van der Waals surface area contributed by atoms with Crippen molar-refractivity contribution in [2.24, 2.45) is 11.3 Å². The van der Waals surface area contributed by atoms with Crippen LogP contribution in [0, 0.1) is 11.3 Å². The van der Waals surface area contributed by atoms with Crippen molar-refractivity contribution in [3.05, 3.63) is 12.2 Å². The van der Waals surface area contributed by atoms with Crippen LogP contribution >= 0.6 is 0 Å². The Hall–Kier alpha value is -1.10. The molecule has 0 N–H and O–H groups in total. The van der Waals surface area contributed by atoms with E-state index in [-0.39, 0.29) is 6.08 Å². The van der Waals surface area contributed by atoms with E-state index >= 15 is 0 Å². The van der Waals surface area contributed by atoms with Gasteiger partial charge in [0.05, 0.1) is 0 Å². The van der Waals surface area contributed by atoms with Crippen molar-refractivity contribution in [3.63, 3.8) is 0 Å². The maximum absolute atomic E-state index is 12.6. The molecule has 0 aromatic heterocycles. The average molecular weight is 356 g/mol. The molecule has 0 rings (SSSR count). The normalized spacial score (nSPS) is 17.1. The molecule has 0 aromatic carbocycles. The first-order valence-corrected chi connectivity index (χ1v) is 5.38. The number of rotatable bonds is 3. The second kappa shape index (κ2) is 5.84. The standard InChI is InChI=1S/C10H8F12/c1-2-3-4-5(7(11,12)13)6(8(14,15)16,9(17,18)19)10(20,21)22/h3-5H,2H2,1H3/b4-3+. The maximum Gasteiger partial charge on any atom is 0.413 e. The minimum Gasteiger partial charge on any atom is -0.170 e. The van der Waals surface area contributed by atoms with Gasteiger partial charge in [0.1, 0.15) is 5.92 Å². The van der Waals surface area contributed by atoms with Gasteiger partial charge in [0.2, 0.25) is 0 Å². The molecule has 0 bridgehead atoms. The van der Waals surface area contributed by atoms with Gasteiger partial charge in [-0.2, -0.15) is 52.7 Å². The fourth-order valence-corrected chi connectivity index (χ4v) is 1.78. The molecule has 0 heterocycles. The third kappa shape index (κ3) is 3.45. The molecule has 0 amide bonds. The van der Waals surface area contributed by atoms with Crippen molar-refractivity contribution in [1.82, 2.24) is 0 Å². The monoisotopic (exact) mass is 356 g/mol. The van der Waals surface area contributed by atoms with Crippen molar-refractivity contribution in [1.29, 1.82) is 0 Å². The van der Waals surface area contributed by atoms with Gasteiger partial charge in [-0.3, -0.25) is 0 Å². The van der Waals surface area contributed by atoms with Gasteiger partial charge in [0.25, 0.3) is 5.41 Å². The van der Waals surface area contributed by atoms with E-state index in [0.717, 1.165) is 6.92 Å². The van der Waals surface area contributed by atoms with Crippen molar-refractivity contribution in [2.75, 3.05) is 0 Å². The van der Waals surface area contributed by atoms with Gasteiger partial charge < -0.3 is 0 Å². The summed E-state index contributed by atoms with van der Waals surface area (Å²) in [6.07, 6.45) is -29.3. The molecule has 0 fully saturated rings. The fraction of sp³-hybridized carbons (Fsp3) is 0.800. The molecular formula is C10H8F12. The summed E-state index contributed by atoms with van der Waals surface area (Å²) >= 11 is 0. The first-order chi connectivity index (χ1) is 9.44. The molecule has 0 aromatic rings. The fourth-order valence-electron chi connectivity index (χ4n) is 1.78. The molecule has 0 aliphatic carbocycles. The number of allylic oxidation sites excluding steroid dienone is 2. The molecule has 12 heteroatoms. The van der Waals surface area contributed by atoms with Crippen LogP contribution in [0.2, 0.25) is 0 Å². The lowest BCUT2D eigenvalue weighted by atomic mass is 9.72. The van der Waals surface area contributed by atoms with Crippen LogP contribution in [0.1, 0.15) is 13.3 Å². The highest BCUT2D eigenvalue weighted by molar-refractivity contribution is 5.12. The topological polar surface area (TPSA) is 0 Å². The summed E-state index contributed by atoms with van der Waals surface area (Å²) in [7, 11) is 0. The molecule has 0 nitrogen and oxygen atoms in total. The van der Waals surface area contributed by atoms with Gasteiger partial charge >= 0.3 is 24.7 Å². The predicted octanol–water partition coefficient (Wildman–Crippen LogP) is 5.80. The highest BCUT2D eigenvalue weighted by atomic mass is 19.4. The van der Waals surface area contributed by atoms with Gasteiger partial charge in [-0.15, -0.1) is 0 Å². The zero-order chi connectivity index (χ0) is 18.2. The highest BCUT2D eigenvalue weighted by Gasteiger charge is 2.88. The van der Waals surface area contributed by atoms with E-state index in [4.69, 9.17) is 0 Å². The lowest BCUT2D eigenvalue weighted by molar-refractivity contribution is -0.457. The molecule has 0 saturated heterocycles. The summed E-state index contributed by atoms with van der Waals surface area (Å²) in [5, 5.41) is 0. The largest absolute Gasteiger partial charge is 0.413 e. The van der Waals surface area contributed by atoms with Crippen LogP contribution in [-0.4, -0.2) is 24.7 Å². The van der Waals surface area contributed by atoms with Gasteiger partial charge in [-0.1, -0.05) is 19.1 Å². The van der Waals surface area contributed by atoms with Crippen LogP contribution in [-0.2, 0) is 0 Å². The Labute approximate surface area is 115 Å². The van der Waals surface area contributed by atoms with Crippen LogP contribution in [0.25, 0.3) is 0 Å². The van der Waals surface area contributed by atoms with Crippen LogP contribution in [0.4, 0.5) is 52.7 Å². The summed E-state index contributed by atoms with van der Waals surface area (Å²) in [5.74, 6) is -4.85. The minimum absolute atomic E-state index is 0.163. The van der Waals surface area contributed by atoms with E-state index in [1.54, 1.807) is 0 Å². The van der Waals surface area contributed by atoms with Gasteiger partial charge in [0, 0.05) is 0 Å². The van der Waals surface area contributed by atoms with Crippen molar-refractivity contribution < 1.29 is 52.7 Å². The third-order valence-electron chi connectivity index (χ3n) is 2.72. The van der Waals surface area contributed by atoms with Crippen molar-refractivity contribution in [2.45, 2.75) is 38.0 Å². The third-order valence-corrected chi connectivity index (χ3v) is 2.72. The van der Waals surface area contributed by atoms with Crippen LogP contribution in [0.3, 0.4) is 0 Å². The Morgan fingerprint density at radius 3 is 1.18 bits per heavy atom. The molecule has 0 radical (unpaired) electrons. The minimum atomic E-state index is -7.26. The molecule has 0 aliphatic heterocycles. The summed E-state index contributed by atoms with van der Waals surface area (Å²) < 4.78 is 151. The van der Waals surface area contributed by atoms with E-state index < -0.39 is 48.5 Å². The Morgan fingerprint density at radius 2 is 1.00 bits per heavy atom. The molecule has 0 aliphatic rings. The van der Waals surface area contributed by atoms with Crippen molar-refractivity contribution in [3.8, 4) is 0 Å². The summed E-state index contributed by atoms with van der Waals surface area (Å²) in [4.78, 5) is 0. The first kappa shape index (κ1) is 20.9. The lowest BCUT2D eigenvalue weighted by Gasteiger charge is -2.43. The van der Waals surface area contributed by atoms with Crippen molar-refractivity contribution >= 4 is 0 Å². The average Bonchev–Trinajstić information content (AvgIpc) is 2.15. The summed E-state index contributed by atoms with van der Waals surface area (Å²) in [5.41, 5.74) is -6.95. The molecular weight excluding hydrogens is 348 g/mol. The summed E-state index contributed by atoms with van der Waals surface area (Å²) in [6.45, 7) is 1.03. The van der Waals surface area contributed by atoms with Gasteiger partial charge in [-0.25, -0.2) is 0 Å². The van der Waals surface area contributed by atoms with E-state index in [9.17, 15) is 52.7 Å². The number of hydrogen-bond donors (Lipinski definition) is 0. The molecule has 0 saturated carbocycles. The Bertz CT molecular complexity index is 354. The van der Waals surface area contributed by atoms with Gasteiger partial charge in [0.15, 0.2) is 0 Å². The number of halogens is 12. The molecule has 0 spiro atoms. The maximum atomic E-state index is 12.6. The smallest absolute Gasteiger partial charge is 0.170 e. The molecule has 1 unspecified atom stereocenters. The molecule has 22 heavy (non-hydrogen) atoms. The van der Waals surface area contributed by atoms with Crippen LogP contribution < -0.4 is 0 Å². The second-order valence-corrected chi connectivity index (χ2v) is 4.16. The summed E-state index contributed by atoms with van der Waals surface area (Å²) in [6, 6.07) is 0. The predicted molar refractivity (Wildman–Crippen MR) is 49.6 cm³/mol. The van der Waals surface area contributed by atoms with E-state index in [2.05, 4.69) is 0 Å². The Morgan fingerprint density at radius 1 is 0.682 bits per heavy atom. The lowest BCUT2D eigenvalue weighted by Crippen LogP contribution is -2.66. The zero-order valence-electron chi connectivity index (χ0n) is 10.5. The van der Waals surface area contributed by atoms with Crippen LogP contribution in [0.5, 0.6) is 0 Å². The number of alkyl halides is 12. The molecule has 132 valence electrons. The van der Waals surface area contributed by atoms with Crippen LogP contribution in [0.15, 0.2) is 12.2 Å². The quantitative estimate of drug-likeness (QED) is 0.443. The molecule has 1 atom stereocenters. The van der Waals surface area contributed by atoms with Gasteiger partial charge in [-0.05, 0) is 6.42 Å². The zero-order valence-corrected chi connectivity index (χ0v) is 10.5. The Kier molecular flexibility index (Phi) is 5.54. The van der Waals surface area contributed by atoms with E-state index in [0.29, 0.717) is 0 Å². The second-order valence-electron chi connectivity index (χ2n) is 4.16. The first-order valence-electron chi connectivity index (χ1n) is 5.38. The van der Waals surface area contributed by atoms with E-state index in [1.807, 2.05) is 0 Å². The Balaban J connectivity index is 6.80. The number of hydrogen-bond acceptors (Lipinski definition) is 0. The SMILES string of the molecule is CC/C=C/C(C(F)(F)F)C(C(F)(F)F)(C(F)(F)F)C(F)(F)F. The van der Waals surface area contributed by atoms with E-state index in [1.165, 1.54) is 0 Å². The highest BCUT2D eigenvalue weighted by Crippen LogP contribution is 2.66.